The highest BCUT2D eigenvalue weighted by Gasteiger charge is 2.26. The van der Waals surface area contributed by atoms with Crippen LogP contribution < -0.4 is 10.6 Å². The maximum atomic E-state index is 12.1. The Kier molecular flexibility index (Phi) is 11.2. The molecule has 3 unspecified atom stereocenters. The van der Waals surface area contributed by atoms with E-state index in [1.165, 1.54) is 5.01 Å². The summed E-state index contributed by atoms with van der Waals surface area (Å²) in [6.45, 7) is 9.84. The van der Waals surface area contributed by atoms with Crippen molar-refractivity contribution < 1.29 is 4.21 Å². The predicted octanol–water partition coefficient (Wildman–Crippen LogP) is 4.02. The summed E-state index contributed by atoms with van der Waals surface area (Å²) in [7, 11) is -0.697. The van der Waals surface area contributed by atoms with Gasteiger partial charge < -0.3 is 10.6 Å². The lowest BCUT2D eigenvalue weighted by Crippen LogP contribution is -2.46. The SMILES string of the molecule is CCNC(=NCc1csc(C(C)C)n1)NC1CCCC(S(=O)CC)C1.I. The fraction of sp³-hybridized carbons (Fsp3) is 0.778. The average molecular weight is 513 g/mol. The molecule has 0 saturated heterocycles. The summed E-state index contributed by atoms with van der Waals surface area (Å²) < 4.78 is 12.1. The number of aliphatic imine (C=N–C) groups is 1. The highest BCUT2D eigenvalue weighted by Crippen LogP contribution is 2.23. The molecule has 0 bridgehead atoms. The molecule has 1 aromatic heterocycles. The van der Waals surface area contributed by atoms with Gasteiger partial charge >= 0.3 is 0 Å². The first kappa shape index (κ1) is 23.8. The first-order valence-electron chi connectivity index (χ1n) is 9.39. The summed E-state index contributed by atoms with van der Waals surface area (Å²) in [5, 5.41) is 10.5. The van der Waals surface area contributed by atoms with Crippen molar-refractivity contribution >= 4 is 52.1 Å². The Balaban J connectivity index is 0.00000338. The van der Waals surface area contributed by atoms with E-state index in [9.17, 15) is 4.21 Å². The van der Waals surface area contributed by atoms with Gasteiger partial charge in [0.05, 0.1) is 17.2 Å². The minimum Gasteiger partial charge on any atom is -0.357 e. The number of thiazole rings is 1. The smallest absolute Gasteiger partial charge is 0.191 e. The van der Waals surface area contributed by atoms with E-state index in [-0.39, 0.29) is 24.0 Å². The number of nitrogens with one attached hydrogen (secondary N) is 2. The lowest BCUT2D eigenvalue weighted by molar-refractivity contribution is 0.413. The number of hydrogen-bond donors (Lipinski definition) is 2. The van der Waals surface area contributed by atoms with Crippen molar-refractivity contribution in [1.29, 1.82) is 0 Å². The predicted molar refractivity (Wildman–Crippen MR) is 124 cm³/mol. The van der Waals surface area contributed by atoms with E-state index >= 15 is 0 Å². The minimum atomic E-state index is -0.697. The van der Waals surface area contributed by atoms with Crippen LogP contribution in [0.1, 0.15) is 70.0 Å². The molecule has 1 fully saturated rings. The summed E-state index contributed by atoms with van der Waals surface area (Å²) >= 11 is 1.71. The molecule has 1 aliphatic rings. The van der Waals surface area contributed by atoms with Crippen LogP contribution in [0.5, 0.6) is 0 Å². The minimum absolute atomic E-state index is 0. The van der Waals surface area contributed by atoms with Gasteiger partial charge in [-0.25, -0.2) is 9.98 Å². The van der Waals surface area contributed by atoms with Gasteiger partial charge in [0.2, 0.25) is 0 Å². The maximum Gasteiger partial charge on any atom is 0.191 e. The molecule has 0 aliphatic heterocycles. The third-order valence-corrected chi connectivity index (χ3v) is 7.36. The Morgan fingerprint density at radius 2 is 2.19 bits per heavy atom. The second-order valence-corrected chi connectivity index (χ2v) is 9.72. The number of nitrogens with zero attached hydrogens (tertiary/aromatic N) is 2. The molecule has 0 amide bonds. The quantitative estimate of drug-likeness (QED) is 0.329. The highest BCUT2D eigenvalue weighted by atomic mass is 127. The zero-order valence-corrected chi connectivity index (χ0v) is 20.2. The highest BCUT2D eigenvalue weighted by molar-refractivity contribution is 14.0. The van der Waals surface area contributed by atoms with Gasteiger partial charge in [0.25, 0.3) is 0 Å². The standard InChI is InChI=1S/C18H32N4OS2.HI/c1-5-19-18(20-11-15-12-24-17(21-15)13(3)4)22-14-8-7-9-16(10-14)25(23)6-2;/h12-14,16H,5-11H2,1-4H3,(H2,19,20,22);1H. The Bertz CT molecular complexity index is 592. The van der Waals surface area contributed by atoms with E-state index in [0.29, 0.717) is 23.8 Å². The molecule has 1 aliphatic carbocycles. The van der Waals surface area contributed by atoms with Gasteiger partial charge in [-0.15, -0.1) is 35.3 Å². The Morgan fingerprint density at radius 1 is 1.42 bits per heavy atom. The third-order valence-electron chi connectivity index (χ3n) is 4.43. The number of guanidine groups is 1. The third kappa shape index (κ3) is 7.42. The zero-order chi connectivity index (χ0) is 18.2. The van der Waals surface area contributed by atoms with Crippen LogP contribution in [0.3, 0.4) is 0 Å². The molecule has 0 spiro atoms. The van der Waals surface area contributed by atoms with E-state index in [1.807, 2.05) is 6.92 Å². The normalized spacial score (nSPS) is 22.0. The molecule has 1 aromatic rings. The van der Waals surface area contributed by atoms with E-state index in [4.69, 9.17) is 4.99 Å². The van der Waals surface area contributed by atoms with Crippen LogP contribution in [0.2, 0.25) is 0 Å². The molecule has 2 rings (SSSR count). The zero-order valence-electron chi connectivity index (χ0n) is 16.3. The largest absolute Gasteiger partial charge is 0.357 e. The van der Waals surface area contributed by atoms with E-state index in [1.54, 1.807) is 11.3 Å². The molecule has 2 N–H and O–H groups in total. The van der Waals surface area contributed by atoms with Gasteiger partial charge in [-0.3, -0.25) is 4.21 Å². The van der Waals surface area contributed by atoms with Crippen molar-refractivity contribution in [1.82, 2.24) is 15.6 Å². The average Bonchev–Trinajstić information content (AvgIpc) is 3.09. The Labute approximate surface area is 181 Å². The van der Waals surface area contributed by atoms with E-state index in [0.717, 1.165) is 49.6 Å². The van der Waals surface area contributed by atoms with Crippen molar-refractivity contribution in [3.8, 4) is 0 Å². The first-order valence-corrected chi connectivity index (χ1v) is 11.7. The summed E-state index contributed by atoms with van der Waals surface area (Å²) in [4.78, 5) is 9.35. The van der Waals surface area contributed by atoms with Gasteiger partial charge in [0, 0.05) is 45.7 Å². The van der Waals surface area contributed by atoms with Crippen LogP contribution in [-0.4, -0.2) is 38.7 Å². The monoisotopic (exact) mass is 512 g/mol. The van der Waals surface area contributed by atoms with Gasteiger partial charge in [0.1, 0.15) is 0 Å². The van der Waals surface area contributed by atoms with E-state index < -0.39 is 10.8 Å². The first-order chi connectivity index (χ1) is 12.0. The summed E-state index contributed by atoms with van der Waals surface area (Å²) in [6.07, 6.45) is 4.32. The van der Waals surface area contributed by atoms with Gasteiger partial charge in [-0.05, 0) is 26.2 Å². The van der Waals surface area contributed by atoms with Crippen molar-refractivity contribution in [2.24, 2.45) is 4.99 Å². The topological polar surface area (TPSA) is 66.4 Å². The maximum absolute atomic E-state index is 12.1. The van der Waals surface area contributed by atoms with Crippen molar-refractivity contribution in [3.05, 3.63) is 16.1 Å². The fourth-order valence-corrected chi connectivity index (χ4v) is 5.26. The van der Waals surface area contributed by atoms with Crippen LogP contribution in [-0.2, 0) is 17.3 Å². The number of rotatable bonds is 7. The van der Waals surface area contributed by atoms with E-state index in [2.05, 4.69) is 41.8 Å². The van der Waals surface area contributed by atoms with Crippen molar-refractivity contribution in [3.63, 3.8) is 0 Å². The number of halogens is 1. The van der Waals surface area contributed by atoms with Gasteiger partial charge in [-0.2, -0.15) is 0 Å². The molecule has 8 heteroatoms. The number of aromatic nitrogens is 1. The van der Waals surface area contributed by atoms with Gasteiger partial charge in [0.15, 0.2) is 5.96 Å². The molecule has 0 aromatic carbocycles. The number of hydrogen-bond acceptors (Lipinski definition) is 4. The van der Waals surface area contributed by atoms with Crippen LogP contribution in [0.4, 0.5) is 0 Å². The molecule has 3 atom stereocenters. The Morgan fingerprint density at radius 3 is 2.81 bits per heavy atom. The second kappa shape index (κ2) is 12.3. The molecular formula is C18H33IN4OS2. The lowest BCUT2D eigenvalue weighted by atomic mass is 9.95. The summed E-state index contributed by atoms with van der Waals surface area (Å²) in [6, 6.07) is 0.355. The molecule has 0 radical (unpaired) electrons. The molecular weight excluding hydrogens is 479 g/mol. The van der Waals surface area contributed by atoms with Crippen LogP contribution >= 0.6 is 35.3 Å². The lowest BCUT2D eigenvalue weighted by Gasteiger charge is -2.30. The van der Waals surface area contributed by atoms with Crippen molar-refractivity contribution in [2.45, 2.75) is 77.1 Å². The van der Waals surface area contributed by atoms with Crippen molar-refractivity contribution in [2.75, 3.05) is 12.3 Å². The Hall–Kier alpha value is -0.220. The second-order valence-electron chi connectivity index (χ2n) is 6.83. The van der Waals surface area contributed by atoms with Gasteiger partial charge in [-0.1, -0.05) is 27.2 Å². The van der Waals surface area contributed by atoms with Crippen LogP contribution in [0, 0.1) is 0 Å². The summed E-state index contributed by atoms with van der Waals surface area (Å²) in [5.41, 5.74) is 1.03. The molecule has 1 saturated carbocycles. The molecule has 26 heavy (non-hydrogen) atoms. The molecule has 1 heterocycles. The summed E-state index contributed by atoms with van der Waals surface area (Å²) in [5.74, 6) is 2.07. The van der Waals surface area contributed by atoms with Crippen LogP contribution in [0.25, 0.3) is 0 Å². The fourth-order valence-electron chi connectivity index (χ4n) is 3.08. The van der Waals surface area contributed by atoms with Crippen LogP contribution in [0.15, 0.2) is 10.4 Å². The molecule has 5 nitrogen and oxygen atoms in total. The molecule has 150 valence electrons.